The molecule has 158 valence electrons. The van der Waals surface area contributed by atoms with E-state index in [0.717, 1.165) is 12.1 Å². The van der Waals surface area contributed by atoms with Crippen molar-refractivity contribution in [1.82, 2.24) is 9.71 Å². The number of hydrogen-bond acceptors (Lipinski definition) is 5. The normalized spacial score (nSPS) is 11.9. The van der Waals surface area contributed by atoms with Crippen molar-refractivity contribution in [1.29, 1.82) is 0 Å². The van der Waals surface area contributed by atoms with Gasteiger partial charge in [0.15, 0.2) is 0 Å². The molecule has 0 amide bonds. The van der Waals surface area contributed by atoms with Gasteiger partial charge in [-0.3, -0.25) is 0 Å². The largest absolute Gasteiger partial charge is 0.495 e. The molecule has 0 aliphatic carbocycles. The summed E-state index contributed by atoms with van der Waals surface area (Å²) >= 11 is 0. The van der Waals surface area contributed by atoms with Gasteiger partial charge < -0.3 is 9.47 Å². The number of alkyl halides is 3. The van der Waals surface area contributed by atoms with E-state index in [2.05, 4.69) is 9.71 Å². The molecule has 1 aromatic heterocycles. The second kappa shape index (κ2) is 8.33. The van der Waals surface area contributed by atoms with Crippen LogP contribution in [0.1, 0.15) is 5.56 Å². The first-order valence-corrected chi connectivity index (χ1v) is 10.1. The van der Waals surface area contributed by atoms with Crippen molar-refractivity contribution in [2.75, 3.05) is 14.2 Å². The first-order chi connectivity index (χ1) is 14.2. The van der Waals surface area contributed by atoms with Crippen LogP contribution in [0.15, 0.2) is 65.7 Å². The average Bonchev–Trinajstić information content (AvgIpc) is 2.73. The topological polar surface area (TPSA) is 77.5 Å². The van der Waals surface area contributed by atoms with Gasteiger partial charge >= 0.3 is 6.18 Å². The molecule has 10 heteroatoms. The summed E-state index contributed by atoms with van der Waals surface area (Å²) in [5.41, 5.74) is 0.125. The van der Waals surface area contributed by atoms with Gasteiger partial charge in [-0.25, -0.2) is 18.1 Å². The Morgan fingerprint density at radius 3 is 2.33 bits per heavy atom. The van der Waals surface area contributed by atoms with Crippen molar-refractivity contribution in [3.8, 4) is 28.5 Å². The summed E-state index contributed by atoms with van der Waals surface area (Å²) in [6, 6.07) is 12.0. The van der Waals surface area contributed by atoms with E-state index in [-0.39, 0.29) is 22.3 Å². The molecule has 0 saturated carbocycles. The molecule has 2 aromatic carbocycles. The maximum Gasteiger partial charge on any atom is 0.416 e. The van der Waals surface area contributed by atoms with Crippen LogP contribution < -0.4 is 14.2 Å². The molecule has 0 aliphatic heterocycles. The number of pyridine rings is 1. The zero-order valence-electron chi connectivity index (χ0n) is 15.9. The maximum absolute atomic E-state index is 12.7. The number of benzene rings is 2. The molecule has 1 N–H and O–H groups in total. The highest BCUT2D eigenvalue weighted by molar-refractivity contribution is 7.89. The standard InChI is InChI=1S/C20H17F3N2O4S/c1-24-30(26,27)18-12-13(5-10-17(18)28-2)16-4-3-11-25-19(16)29-15-8-6-14(7-9-15)20(21,22)23/h3-12,24H,1-2H3. The monoisotopic (exact) mass is 438 g/mol. The third kappa shape index (κ3) is 4.55. The molecule has 0 fully saturated rings. The summed E-state index contributed by atoms with van der Waals surface area (Å²) in [4.78, 5) is 4.06. The molecular formula is C20H17F3N2O4S. The third-order valence-corrected chi connectivity index (χ3v) is 5.64. The van der Waals surface area contributed by atoms with E-state index in [0.29, 0.717) is 11.1 Å². The van der Waals surface area contributed by atoms with Gasteiger partial charge in [0.2, 0.25) is 15.9 Å². The molecule has 1 heterocycles. The SMILES string of the molecule is CNS(=O)(=O)c1cc(-c2cccnc2Oc2ccc(C(F)(F)F)cc2)ccc1OC. The third-order valence-electron chi connectivity index (χ3n) is 4.20. The number of aromatic nitrogens is 1. The molecule has 0 aliphatic rings. The van der Waals surface area contributed by atoms with Crippen molar-refractivity contribution < 1.29 is 31.1 Å². The molecule has 3 rings (SSSR count). The lowest BCUT2D eigenvalue weighted by Gasteiger charge is -2.14. The molecular weight excluding hydrogens is 421 g/mol. The van der Waals surface area contributed by atoms with E-state index in [1.165, 1.54) is 44.6 Å². The highest BCUT2D eigenvalue weighted by Crippen LogP contribution is 2.36. The molecule has 0 spiro atoms. The molecule has 30 heavy (non-hydrogen) atoms. The predicted molar refractivity (Wildman–Crippen MR) is 104 cm³/mol. The Kier molecular flexibility index (Phi) is 5.99. The van der Waals surface area contributed by atoms with Gasteiger partial charge in [-0.1, -0.05) is 6.07 Å². The van der Waals surface area contributed by atoms with Crippen LogP contribution in [0, 0.1) is 0 Å². The number of hydrogen-bond donors (Lipinski definition) is 1. The summed E-state index contributed by atoms with van der Waals surface area (Å²) in [5.74, 6) is 0.414. The van der Waals surface area contributed by atoms with Crippen molar-refractivity contribution in [3.63, 3.8) is 0 Å². The molecule has 3 aromatic rings. The van der Waals surface area contributed by atoms with E-state index in [1.807, 2.05) is 0 Å². The lowest BCUT2D eigenvalue weighted by molar-refractivity contribution is -0.137. The molecule has 6 nitrogen and oxygen atoms in total. The molecule has 0 atom stereocenters. The van der Waals surface area contributed by atoms with Crippen molar-refractivity contribution in [3.05, 3.63) is 66.4 Å². The Bertz CT molecular complexity index is 1150. The summed E-state index contributed by atoms with van der Waals surface area (Å²) < 4.78 is 75.9. The van der Waals surface area contributed by atoms with Gasteiger partial charge in [0, 0.05) is 11.8 Å². The molecule has 0 bridgehead atoms. The maximum atomic E-state index is 12.7. The molecule has 0 unspecified atom stereocenters. The summed E-state index contributed by atoms with van der Waals surface area (Å²) in [6.07, 6.45) is -3.00. The van der Waals surface area contributed by atoms with Crippen LogP contribution in [0.3, 0.4) is 0 Å². The van der Waals surface area contributed by atoms with Gasteiger partial charge in [-0.2, -0.15) is 13.2 Å². The number of ether oxygens (including phenoxy) is 2. The second-order valence-electron chi connectivity index (χ2n) is 6.05. The number of nitrogens with zero attached hydrogens (tertiary/aromatic N) is 1. The Balaban J connectivity index is 2.01. The Morgan fingerprint density at radius 1 is 1.03 bits per heavy atom. The lowest BCUT2D eigenvalue weighted by atomic mass is 10.1. The van der Waals surface area contributed by atoms with E-state index < -0.39 is 21.8 Å². The fraction of sp³-hybridized carbons (Fsp3) is 0.150. The summed E-state index contributed by atoms with van der Waals surface area (Å²) in [5, 5.41) is 0. The summed E-state index contributed by atoms with van der Waals surface area (Å²) in [7, 11) is -1.17. The minimum Gasteiger partial charge on any atom is -0.495 e. The lowest BCUT2D eigenvalue weighted by Crippen LogP contribution is -2.19. The Labute approximate surface area is 171 Å². The average molecular weight is 438 g/mol. The first-order valence-electron chi connectivity index (χ1n) is 8.58. The number of nitrogens with one attached hydrogen (secondary N) is 1. The molecule has 0 radical (unpaired) electrons. The van der Waals surface area contributed by atoms with E-state index in [9.17, 15) is 21.6 Å². The molecule has 0 saturated heterocycles. The smallest absolute Gasteiger partial charge is 0.416 e. The van der Waals surface area contributed by atoms with Crippen LogP contribution in [0.25, 0.3) is 11.1 Å². The van der Waals surface area contributed by atoms with Crippen molar-refractivity contribution in [2.45, 2.75) is 11.1 Å². The number of methoxy groups -OCH3 is 1. The fourth-order valence-electron chi connectivity index (χ4n) is 2.68. The van der Waals surface area contributed by atoms with Gasteiger partial charge in [-0.05, 0) is 61.1 Å². The van der Waals surface area contributed by atoms with Gasteiger partial charge in [0.05, 0.1) is 12.7 Å². The fourth-order valence-corrected chi connectivity index (χ4v) is 3.60. The summed E-state index contributed by atoms with van der Waals surface area (Å²) in [6.45, 7) is 0. The minimum absolute atomic E-state index is 0.0747. The van der Waals surface area contributed by atoms with Gasteiger partial charge in [0.25, 0.3) is 0 Å². The number of rotatable bonds is 6. The Hall–Kier alpha value is -3.11. The minimum atomic E-state index is -4.45. The van der Waals surface area contributed by atoms with E-state index in [4.69, 9.17) is 9.47 Å². The highest BCUT2D eigenvalue weighted by atomic mass is 32.2. The van der Waals surface area contributed by atoms with Crippen LogP contribution in [-0.4, -0.2) is 27.6 Å². The van der Waals surface area contributed by atoms with Crippen LogP contribution in [0.4, 0.5) is 13.2 Å². The van der Waals surface area contributed by atoms with E-state index in [1.54, 1.807) is 18.2 Å². The Morgan fingerprint density at radius 2 is 1.73 bits per heavy atom. The van der Waals surface area contributed by atoms with Crippen molar-refractivity contribution in [2.24, 2.45) is 0 Å². The van der Waals surface area contributed by atoms with Crippen LogP contribution in [0.2, 0.25) is 0 Å². The number of halogens is 3. The van der Waals surface area contributed by atoms with Gasteiger partial charge in [0.1, 0.15) is 16.4 Å². The van der Waals surface area contributed by atoms with E-state index >= 15 is 0 Å². The predicted octanol–water partition coefficient (Wildman–Crippen LogP) is 4.48. The quantitative estimate of drug-likeness (QED) is 0.614. The van der Waals surface area contributed by atoms with Crippen LogP contribution in [0.5, 0.6) is 17.4 Å². The van der Waals surface area contributed by atoms with Crippen molar-refractivity contribution >= 4 is 10.0 Å². The number of sulfonamides is 1. The zero-order chi connectivity index (χ0) is 21.9. The zero-order valence-corrected chi connectivity index (χ0v) is 16.7. The highest BCUT2D eigenvalue weighted by Gasteiger charge is 2.30. The van der Waals surface area contributed by atoms with Crippen LogP contribution in [-0.2, 0) is 16.2 Å². The second-order valence-corrected chi connectivity index (χ2v) is 7.91. The van der Waals surface area contributed by atoms with Gasteiger partial charge in [-0.15, -0.1) is 0 Å². The van der Waals surface area contributed by atoms with Crippen LogP contribution >= 0.6 is 0 Å². The first kappa shape index (κ1) is 21.6.